The summed E-state index contributed by atoms with van der Waals surface area (Å²) in [5.74, 6) is 0.892. The molecule has 1 aliphatic rings. The molecule has 1 fully saturated rings. The molecule has 0 bridgehead atoms. The van der Waals surface area contributed by atoms with Crippen molar-refractivity contribution in [1.82, 2.24) is 0 Å². The smallest absolute Gasteiger partial charge is 0.0920 e. The molecule has 1 saturated carbocycles. The molecule has 0 heterocycles. The van der Waals surface area contributed by atoms with Crippen molar-refractivity contribution in [3.8, 4) is 0 Å². The topological polar surface area (TPSA) is 29.4 Å². The predicted octanol–water partition coefficient (Wildman–Crippen LogP) is 3.50. The summed E-state index contributed by atoms with van der Waals surface area (Å²) in [4.78, 5) is 10.2. The highest BCUT2D eigenvalue weighted by Gasteiger charge is 2.20. The summed E-state index contributed by atoms with van der Waals surface area (Å²) < 4.78 is 0. The third-order valence-corrected chi connectivity index (χ3v) is 2.93. The Bertz CT molecular complexity index is 128. The maximum Gasteiger partial charge on any atom is 0.0920 e. The van der Waals surface area contributed by atoms with Gasteiger partial charge in [-0.15, -0.1) is 0 Å². The summed E-state index contributed by atoms with van der Waals surface area (Å²) in [6.45, 7) is 2.23. The minimum Gasteiger partial charge on any atom is -0.151 e. The van der Waals surface area contributed by atoms with Gasteiger partial charge in [-0.25, -0.2) is 0 Å². The number of rotatable bonds is 4. The largest absolute Gasteiger partial charge is 0.151 e. The van der Waals surface area contributed by atoms with Crippen molar-refractivity contribution in [2.45, 2.75) is 57.9 Å². The molecule has 12 heavy (non-hydrogen) atoms. The van der Waals surface area contributed by atoms with Gasteiger partial charge in [-0.1, -0.05) is 31.4 Å². The van der Waals surface area contributed by atoms with E-state index in [9.17, 15) is 4.91 Å². The van der Waals surface area contributed by atoms with E-state index in [-0.39, 0.29) is 6.04 Å². The second kappa shape index (κ2) is 5.28. The van der Waals surface area contributed by atoms with Crippen molar-refractivity contribution in [2.75, 3.05) is 0 Å². The first-order chi connectivity index (χ1) is 5.86. The Balaban J connectivity index is 2.12. The molecule has 0 radical (unpaired) electrons. The monoisotopic (exact) mass is 169 g/mol. The van der Waals surface area contributed by atoms with Crippen LogP contribution in [0.4, 0.5) is 0 Å². The number of hydrogen-bond acceptors (Lipinski definition) is 2. The average molecular weight is 169 g/mol. The molecule has 0 aromatic rings. The first-order valence-corrected chi connectivity index (χ1v) is 5.19. The number of nitroso groups, excluding NO2 is 1. The summed E-state index contributed by atoms with van der Waals surface area (Å²) >= 11 is 0. The van der Waals surface area contributed by atoms with Gasteiger partial charge in [-0.05, 0) is 31.6 Å². The van der Waals surface area contributed by atoms with Crippen LogP contribution in [0, 0.1) is 10.8 Å². The van der Waals surface area contributed by atoms with Crippen LogP contribution in [0.5, 0.6) is 0 Å². The Morgan fingerprint density at radius 2 is 1.92 bits per heavy atom. The van der Waals surface area contributed by atoms with Gasteiger partial charge in [-0.3, -0.25) is 0 Å². The van der Waals surface area contributed by atoms with Crippen LogP contribution in [0.25, 0.3) is 0 Å². The quantitative estimate of drug-likeness (QED) is 0.592. The SMILES string of the molecule is CCCCC1CCC(N=O)CC1. The van der Waals surface area contributed by atoms with Gasteiger partial charge >= 0.3 is 0 Å². The highest BCUT2D eigenvalue weighted by Crippen LogP contribution is 2.29. The molecule has 0 atom stereocenters. The Kier molecular flexibility index (Phi) is 4.26. The van der Waals surface area contributed by atoms with Crippen molar-refractivity contribution >= 4 is 0 Å². The lowest BCUT2D eigenvalue weighted by molar-refractivity contribution is 0.305. The van der Waals surface area contributed by atoms with Crippen molar-refractivity contribution < 1.29 is 0 Å². The van der Waals surface area contributed by atoms with E-state index in [1.807, 2.05) is 0 Å². The van der Waals surface area contributed by atoms with Gasteiger partial charge in [0.15, 0.2) is 0 Å². The normalized spacial score (nSPS) is 30.1. The molecular weight excluding hydrogens is 150 g/mol. The number of hydrogen-bond donors (Lipinski definition) is 0. The van der Waals surface area contributed by atoms with E-state index in [1.165, 1.54) is 32.1 Å². The third-order valence-electron chi connectivity index (χ3n) is 2.93. The first kappa shape index (κ1) is 9.69. The van der Waals surface area contributed by atoms with Crippen molar-refractivity contribution in [1.29, 1.82) is 0 Å². The highest BCUT2D eigenvalue weighted by molar-refractivity contribution is 4.76. The Labute approximate surface area is 74.7 Å². The molecule has 0 spiro atoms. The first-order valence-electron chi connectivity index (χ1n) is 5.19. The van der Waals surface area contributed by atoms with E-state index >= 15 is 0 Å². The van der Waals surface area contributed by atoms with E-state index in [1.54, 1.807) is 0 Å². The predicted molar refractivity (Wildman–Crippen MR) is 51.1 cm³/mol. The second-order valence-electron chi connectivity index (χ2n) is 3.92. The van der Waals surface area contributed by atoms with E-state index in [2.05, 4.69) is 12.1 Å². The molecule has 0 unspecified atom stereocenters. The lowest BCUT2D eigenvalue weighted by atomic mass is 9.83. The van der Waals surface area contributed by atoms with Crippen LogP contribution in [0.15, 0.2) is 5.18 Å². The van der Waals surface area contributed by atoms with Crippen LogP contribution in [0.3, 0.4) is 0 Å². The molecule has 2 nitrogen and oxygen atoms in total. The lowest BCUT2D eigenvalue weighted by Gasteiger charge is -2.24. The van der Waals surface area contributed by atoms with Crippen LogP contribution in [0.1, 0.15) is 51.9 Å². The molecule has 0 aromatic heterocycles. The Hall–Kier alpha value is -0.400. The molecular formula is C10H19NO. The lowest BCUT2D eigenvalue weighted by Crippen LogP contribution is -2.16. The number of unbranched alkanes of at least 4 members (excludes halogenated alkanes) is 1. The summed E-state index contributed by atoms with van der Waals surface area (Å²) in [5, 5.41) is 3.11. The molecule has 2 heteroatoms. The van der Waals surface area contributed by atoms with Crippen LogP contribution in [0.2, 0.25) is 0 Å². The fraction of sp³-hybridized carbons (Fsp3) is 1.00. The third kappa shape index (κ3) is 2.92. The summed E-state index contributed by atoms with van der Waals surface area (Å²) in [6.07, 6.45) is 8.56. The molecule has 1 aliphatic carbocycles. The minimum atomic E-state index is 0.142. The van der Waals surface area contributed by atoms with Gasteiger partial charge < -0.3 is 0 Å². The van der Waals surface area contributed by atoms with Crippen molar-refractivity contribution in [2.24, 2.45) is 11.1 Å². The average Bonchev–Trinajstić information content (AvgIpc) is 2.15. The molecule has 0 amide bonds. The van der Waals surface area contributed by atoms with E-state index in [0.29, 0.717) is 0 Å². The summed E-state index contributed by atoms with van der Waals surface area (Å²) in [7, 11) is 0. The zero-order valence-corrected chi connectivity index (χ0v) is 7.96. The van der Waals surface area contributed by atoms with Gasteiger partial charge in [0.25, 0.3) is 0 Å². The Morgan fingerprint density at radius 3 is 2.42 bits per heavy atom. The molecule has 0 N–H and O–H groups in total. The second-order valence-corrected chi connectivity index (χ2v) is 3.92. The summed E-state index contributed by atoms with van der Waals surface area (Å²) in [6, 6.07) is 0.142. The molecule has 1 rings (SSSR count). The fourth-order valence-electron chi connectivity index (χ4n) is 2.03. The van der Waals surface area contributed by atoms with Crippen LogP contribution in [-0.4, -0.2) is 6.04 Å². The molecule has 0 saturated heterocycles. The van der Waals surface area contributed by atoms with Crippen LogP contribution < -0.4 is 0 Å². The van der Waals surface area contributed by atoms with Crippen LogP contribution >= 0.6 is 0 Å². The highest BCUT2D eigenvalue weighted by atomic mass is 16.3. The zero-order valence-electron chi connectivity index (χ0n) is 7.96. The Morgan fingerprint density at radius 1 is 1.25 bits per heavy atom. The van der Waals surface area contributed by atoms with Crippen molar-refractivity contribution in [3.63, 3.8) is 0 Å². The number of nitrogens with zero attached hydrogens (tertiary/aromatic N) is 1. The van der Waals surface area contributed by atoms with Gasteiger partial charge in [-0.2, -0.15) is 4.91 Å². The minimum absolute atomic E-state index is 0.142. The molecule has 0 aromatic carbocycles. The van der Waals surface area contributed by atoms with E-state index in [4.69, 9.17) is 0 Å². The van der Waals surface area contributed by atoms with Gasteiger partial charge in [0.05, 0.1) is 6.04 Å². The van der Waals surface area contributed by atoms with Gasteiger partial charge in [0.1, 0.15) is 0 Å². The molecule has 0 aliphatic heterocycles. The maximum atomic E-state index is 10.2. The summed E-state index contributed by atoms with van der Waals surface area (Å²) in [5.41, 5.74) is 0. The van der Waals surface area contributed by atoms with Crippen LogP contribution in [-0.2, 0) is 0 Å². The van der Waals surface area contributed by atoms with Crippen molar-refractivity contribution in [3.05, 3.63) is 4.91 Å². The van der Waals surface area contributed by atoms with Gasteiger partial charge in [0, 0.05) is 0 Å². The van der Waals surface area contributed by atoms with E-state index in [0.717, 1.165) is 18.8 Å². The zero-order chi connectivity index (χ0) is 8.81. The maximum absolute atomic E-state index is 10.2. The van der Waals surface area contributed by atoms with E-state index < -0.39 is 0 Å². The standard InChI is InChI=1S/C10H19NO/c1-2-3-4-9-5-7-10(11-12)8-6-9/h9-10H,2-8H2,1H3. The molecule has 70 valence electrons. The fourth-order valence-corrected chi connectivity index (χ4v) is 2.03. The van der Waals surface area contributed by atoms with Gasteiger partial charge in [0.2, 0.25) is 0 Å².